The van der Waals surface area contributed by atoms with Crippen molar-refractivity contribution in [3.8, 4) is 0 Å². The Kier molecular flexibility index (Phi) is 4.30. The number of aryl methyl sites for hydroxylation is 1. The molecular formula is C15H21NO2. The largest absolute Gasteiger partial charge is 0.478 e. The van der Waals surface area contributed by atoms with Crippen LogP contribution in [0.15, 0.2) is 30.4 Å². The normalized spacial score (nSPS) is 13.8. The molecule has 0 aliphatic rings. The van der Waals surface area contributed by atoms with E-state index in [0.29, 0.717) is 0 Å². The minimum atomic E-state index is -0.977. The molecule has 0 spiro atoms. The number of carboxylic acid groups (broad SMARTS) is 1. The molecule has 1 atom stereocenters. The van der Waals surface area contributed by atoms with Crippen LogP contribution in [0.1, 0.15) is 43.5 Å². The van der Waals surface area contributed by atoms with E-state index in [0.717, 1.165) is 17.2 Å². The second kappa shape index (κ2) is 5.36. The molecule has 3 nitrogen and oxygen atoms in total. The summed E-state index contributed by atoms with van der Waals surface area (Å²) in [6.07, 6.45) is 2.59. The van der Waals surface area contributed by atoms with Crippen LogP contribution in [0.5, 0.6) is 0 Å². The SMILES string of the molecule is Cc1cc(C(C)(C)C)ccc1C(N)/C=C/C(=O)O. The Morgan fingerprint density at radius 1 is 1.39 bits per heavy atom. The first-order valence-electron chi connectivity index (χ1n) is 5.99. The number of aliphatic carboxylic acids is 1. The Hall–Kier alpha value is -1.61. The highest BCUT2D eigenvalue weighted by Crippen LogP contribution is 2.26. The third-order valence-electron chi connectivity index (χ3n) is 2.94. The highest BCUT2D eigenvalue weighted by molar-refractivity contribution is 5.79. The lowest BCUT2D eigenvalue weighted by Crippen LogP contribution is -2.14. The van der Waals surface area contributed by atoms with Crippen LogP contribution in [0.2, 0.25) is 0 Å². The number of nitrogens with two attached hydrogens (primary N) is 1. The summed E-state index contributed by atoms with van der Waals surface area (Å²) in [5.74, 6) is -0.977. The number of carboxylic acids is 1. The molecule has 18 heavy (non-hydrogen) atoms. The van der Waals surface area contributed by atoms with Crippen LogP contribution in [-0.4, -0.2) is 11.1 Å². The van der Waals surface area contributed by atoms with Crippen molar-refractivity contribution in [1.82, 2.24) is 0 Å². The molecule has 98 valence electrons. The molecule has 0 amide bonds. The van der Waals surface area contributed by atoms with Crippen molar-refractivity contribution < 1.29 is 9.90 Å². The van der Waals surface area contributed by atoms with E-state index >= 15 is 0 Å². The third kappa shape index (κ3) is 3.70. The van der Waals surface area contributed by atoms with Gasteiger partial charge in [-0.3, -0.25) is 0 Å². The minimum absolute atomic E-state index is 0.101. The van der Waals surface area contributed by atoms with Crippen molar-refractivity contribution in [1.29, 1.82) is 0 Å². The van der Waals surface area contributed by atoms with E-state index < -0.39 is 5.97 Å². The molecule has 0 aliphatic carbocycles. The van der Waals surface area contributed by atoms with E-state index in [4.69, 9.17) is 10.8 Å². The first kappa shape index (κ1) is 14.5. The molecule has 0 bridgehead atoms. The summed E-state index contributed by atoms with van der Waals surface area (Å²) in [5.41, 5.74) is 9.35. The highest BCUT2D eigenvalue weighted by atomic mass is 16.4. The van der Waals surface area contributed by atoms with Crippen molar-refractivity contribution in [2.75, 3.05) is 0 Å². The summed E-state index contributed by atoms with van der Waals surface area (Å²) >= 11 is 0. The summed E-state index contributed by atoms with van der Waals surface area (Å²) in [6, 6.07) is 5.77. The average molecular weight is 247 g/mol. The maximum atomic E-state index is 10.5. The molecule has 0 aromatic heterocycles. The van der Waals surface area contributed by atoms with Gasteiger partial charge in [0, 0.05) is 12.1 Å². The number of hydrogen-bond acceptors (Lipinski definition) is 2. The third-order valence-corrected chi connectivity index (χ3v) is 2.94. The Labute approximate surface area is 108 Å². The Balaban J connectivity index is 3.02. The molecule has 0 saturated carbocycles. The topological polar surface area (TPSA) is 63.3 Å². The van der Waals surface area contributed by atoms with E-state index in [9.17, 15) is 4.79 Å². The molecule has 0 heterocycles. The van der Waals surface area contributed by atoms with Gasteiger partial charge in [0.15, 0.2) is 0 Å². The van der Waals surface area contributed by atoms with Crippen LogP contribution in [0.3, 0.4) is 0 Å². The smallest absolute Gasteiger partial charge is 0.328 e. The molecule has 0 saturated heterocycles. The van der Waals surface area contributed by atoms with Crippen LogP contribution in [-0.2, 0) is 10.2 Å². The van der Waals surface area contributed by atoms with Gasteiger partial charge >= 0.3 is 5.97 Å². The fourth-order valence-corrected chi connectivity index (χ4v) is 1.81. The summed E-state index contributed by atoms with van der Waals surface area (Å²) in [6.45, 7) is 8.47. The highest BCUT2D eigenvalue weighted by Gasteiger charge is 2.15. The van der Waals surface area contributed by atoms with Crippen LogP contribution < -0.4 is 5.73 Å². The van der Waals surface area contributed by atoms with Gasteiger partial charge < -0.3 is 10.8 Å². The molecule has 0 radical (unpaired) electrons. The van der Waals surface area contributed by atoms with Crippen LogP contribution in [0, 0.1) is 6.92 Å². The summed E-state index contributed by atoms with van der Waals surface area (Å²) in [7, 11) is 0. The van der Waals surface area contributed by atoms with E-state index in [1.54, 1.807) is 0 Å². The van der Waals surface area contributed by atoms with E-state index in [1.165, 1.54) is 11.6 Å². The van der Waals surface area contributed by atoms with Gasteiger partial charge in [0.25, 0.3) is 0 Å². The van der Waals surface area contributed by atoms with Gasteiger partial charge in [-0.1, -0.05) is 45.0 Å². The lowest BCUT2D eigenvalue weighted by Gasteiger charge is -2.21. The maximum absolute atomic E-state index is 10.5. The quantitative estimate of drug-likeness (QED) is 0.807. The fourth-order valence-electron chi connectivity index (χ4n) is 1.81. The molecule has 3 heteroatoms. The number of rotatable bonds is 3. The van der Waals surface area contributed by atoms with Gasteiger partial charge in [0.05, 0.1) is 0 Å². The standard InChI is InChI=1S/C15H21NO2/c1-10-9-11(15(2,3)4)5-6-12(10)13(16)7-8-14(17)18/h5-9,13H,16H2,1-4H3,(H,17,18)/b8-7+. The van der Waals surface area contributed by atoms with Crippen LogP contribution in [0.4, 0.5) is 0 Å². The minimum Gasteiger partial charge on any atom is -0.478 e. The van der Waals surface area contributed by atoms with Gasteiger partial charge in [-0.25, -0.2) is 4.79 Å². The first-order chi connectivity index (χ1) is 8.21. The van der Waals surface area contributed by atoms with Crippen LogP contribution >= 0.6 is 0 Å². The zero-order chi connectivity index (χ0) is 13.9. The molecule has 1 aromatic rings. The molecule has 1 unspecified atom stereocenters. The Morgan fingerprint density at radius 2 is 2.00 bits per heavy atom. The van der Waals surface area contributed by atoms with E-state index in [-0.39, 0.29) is 11.5 Å². The van der Waals surface area contributed by atoms with Gasteiger partial charge in [-0.05, 0) is 29.0 Å². The van der Waals surface area contributed by atoms with Crippen molar-refractivity contribution in [3.05, 3.63) is 47.0 Å². The molecule has 3 N–H and O–H groups in total. The number of hydrogen-bond donors (Lipinski definition) is 2. The second-order valence-corrected chi connectivity index (χ2v) is 5.54. The van der Waals surface area contributed by atoms with Gasteiger partial charge in [-0.15, -0.1) is 0 Å². The second-order valence-electron chi connectivity index (χ2n) is 5.54. The lowest BCUT2D eigenvalue weighted by atomic mass is 9.84. The predicted octanol–water partition coefficient (Wildman–Crippen LogP) is 2.93. The van der Waals surface area contributed by atoms with Crippen molar-refractivity contribution in [2.45, 2.75) is 39.2 Å². The van der Waals surface area contributed by atoms with Gasteiger partial charge in [-0.2, -0.15) is 0 Å². The summed E-state index contributed by atoms with van der Waals surface area (Å²) in [4.78, 5) is 10.5. The van der Waals surface area contributed by atoms with E-state index in [2.05, 4.69) is 32.9 Å². The molecule has 0 fully saturated rings. The number of benzene rings is 1. The summed E-state index contributed by atoms with van der Waals surface area (Å²) < 4.78 is 0. The number of carbonyl (C=O) groups is 1. The monoisotopic (exact) mass is 247 g/mol. The molecule has 1 aromatic carbocycles. The van der Waals surface area contributed by atoms with E-state index in [1.807, 2.05) is 13.0 Å². The maximum Gasteiger partial charge on any atom is 0.328 e. The first-order valence-corrected chi connectivity index (χ1v) is 5.99. The molecule has 1 rings (SSSR count). The van der Waals surface area contributed by atoms with Crippen molar-refractivity contribution in [3.63, 3.8) is 0 Å². The zero-order valence-corrected chi connectivity index (χ0v) is 11.4. The fraction of sp³-hybridized carbons (Fsp3) is 0.400. The Bertz CT molecular complexity index is 470. The lowest BCUT2D eigenvalue weighted by molar-refractivity contribution is -0.131. The van der Waals surface area contributed by atoms with Crippen LogP contribution in [0.25, 0.3) is 0 Å². The predicted molar refractivity (Wildman–Crippen MR) is 73.6 cm³/mol. The molecular weight excluding hydrogens is 226 g/mol. The zero-order valence-electron chi connectivity index (χ0n) is 11.4. The average Bonchev–Trinajstić information content (AvgIpc) is 2.24. The van der Waals surface area contributed by atoms with Gasteiger partial charge in [0.2, 0.25) is 0 Å². The molecule has 0 aliphatic heterocycles. The summed E-state index contributed by atoms with van der Waals surface area (Å²) in [5, 5.41) is 8.59. The van der Waals surface area contributed by atoms with Crippen molar-refractivity contribution >= 4 is 5.97 Å². The van der Waals surface area contributed by atoms with Gasteiger partial charge in [0.1, 0.15) is 0 Å². The van der Waals surface area contributed by atoms with Crippen molar-refractivity contribution in [2.24, 2.45) is 5.73 Å². The Morgan fingerprint density at radius 3 is 2.44 bits per heavy atom.